The van der Waals surface area contributed by atoms with Gasteiger partial charge in [0, 0.05) is 12.0 Å². The molecule has 1 heterocycles. The molecule has 1 N–H and O–H groups in total. The molecule has 0 radical (unpaired) electrons. The van der Waals surface area contributed by atoms with Gasteiger partial charge in [0.2, 0.25) is 0 Å². The van der Waals surface area contributed by atoms with E-state index in [-0.39, 0.29) is 5.54 Å². The summed E-state index contributed by atoms with van der Waals surface area (Å²) in [4.78, 5) is 0. The summed E-state index contributed by atoms with van der Waals surface area (Å²) in [5.41, 5.74) is 1.42. The normalized spacial score (nSPS) is 14.9. The molecule has 0 saturated heterocycles. The van der Waals surface area contributed by atoms with Gasteiger partial charge in [-0.25, -0.2) is 0 Å². The molecule has 0 amide bonds. The molecule has 0 atom stereocenters. The number of halogens is 1. The van der Waals surface area contributed by atoms with Crippen molar-refractivity contribution in [1.29, 1.82) is 0 Å². The van der Waals surface area contributed by atoms with Crippen molar-refractivity contribution in [1.82, 2.24) is 5.32 Å². The lowest BCUT2D eigenvalue weighted by Gasteiger charge is -2.20. The van der Waals surface area contributed by atoms with E-state index in [1.165, 1.54) is 5.56 Å². The van der Waals surface area contributed by atoms with Crippen molar-refractivity contribution in [3.8, 4) is 11.5 Å². The Kier molecular flexibility index (Phi) is 5.77. The lowest BCUT2D eigenvalue weighted by molar-refractivity contribution is 0.297. The average molecular weight is 312 g/mol. The van der Waals surface area contributed by atoms with Crippen LogP contribution in [0.1, 0.15) is 45.6 Å². The predicted molar refractivity (Wildman–Crippen MR) is 87.8 cm³/mol. The maximum atomic E-state index is 6.30. The number of unbranched alkanes of at least 4 members (excludes halogenated alkanes) is 1. The number of nitrogens with one attached hydrogen (secondary N) is 1. The van der Waals surface area contributed by atoms with Gasteiger partial charge in [0.15, 0.2) is 11.5 Å². The van der Waals surface area contributed by atoms with Crippen molar-refractivity contribution >= 4 is 11.6 Å². The smallest absolute Gasteiger partial charge is 0.179 e. The fourth-order valence-electron chi connectivity index (χ4n) is 2.35. The number of rotatable bonds is 5. The zero-order valence-corrected chi connectivity index (χ0v) is 14.1. The van der Waals surface area contributed by atoms with Crippen LogP contribution in [0.3, 0.4) is 0 Å². The van der Waals surface area contributed by atoms with Crippen LogP contribution in [-0.2, 0) is 6.42 Å². The van der Waals surface area contributed by atoms with Crippen molar-refractivity contribution in [2.75, 3.05) is 19.8 Å². The van der Waals surface area contributed by atoms with Gasteiger partial charge in [0.1, 0.15) is 0 Å². The topological polar surface area (TPSA) is 30.5 Å². The molecule has 0 bridgehead atoms. The quantitative estimate of drug-likeness (QED) is 0.826. The van der Waals surface area contributed by atoms with E-state index >= 15 is 0 Å². The second-order valence-corrected chi connectivity index (χ2v) is 7.00. The summed E-state index contributed by atoms with van der Waals surface area (Å²) in [7, 11) is 0. The third kappa shape index (κ3) is 5.40. The van der Waals surface area contributed by atoms with Crippen LogP contribution in [0.4, 0.5) is 0 Å². The molecule has 0 unspecified atom stereocenters. The molecule has 3 nitrogen and oxygen atoms in total. The predicted octanol–water partition coefficient (Wildman–Crippen LogP) is 4.21. The highest BCUT2D eigenvalue weighted by molar-refractivity contribution is 6.32. The summed E-state index contributed by atoms with van der Waals surface area (Å²) in [5.74, 6) is 1.50. The van der Waals surface area contributed by atoms with Gasteiger partial charge in [-0.2, -0.15) is 0 Å². The number of fused-ring (bicyclic) bond motifs is 1. The second kappa shape index (κ2) is 7.37. The van der Waals surface area contributed by atoms with E-state index in [0.717, 1.165) is 38.0 Å². The molecule has 0 aliphatic carbocycles. The average Bonchev–Trinajstić information content (AvgIpc) is 2.62. The number of ether oxygens (including phenoxy) is 2. The van der Waals surface area contributed by atoms with Crippen molar-refractivity contribution in [3.05, 3.63) is 22.7 Å². The summed E-state index contributed by atoms with van der Waals surface area (Å²) in [6.45, 7) is 8.98. The van der Waals surface area contributed by atoms with Gasteiger partial charge in [-0.15, -0.1) is 0 Å². The van der Waals surface area contributed by atoms with E-state index in [0.29, 0.717) is 24.0 Å². The van der Waals surface area contributed by atoms with Crippen LogP contribution in [0, 0.1) is 0 Å². The first-order chi connectivity index (χ1) is 9.96. The number of hydrogen-bond acceptors (Lipinski definition) is 3. The highest BCUT2D eigenvalue weighted by atomic mass is 35.5. The maximum Gasteiger partial charge on any atom is 0.179 e. The molecule has 0 aromatic heterocycles. The molecule has 2 rings (SSSR count). The van der Waals surface area contributed by atoms with Crippen molar-refractivity contribution in [2.24, 2.45) is 0 Å². The van der Waals surface area contributed by atoms with E-state index in [1.54, 1.807) is 0 Å². The molecular weight excluding hydrogens is 286 g/mol. The minimum atomic E-state index is 0.193. The van der Waals surface area contributed by atoms with Crippen LogP contribution in [0.15, 0.2) is 12.1 Å². The first kappa shape index (κ1) is 16.4. The maximum absolute atomic E-state index is 6.30. The Labute approximate surface area is 133 Å². The fourth-order valence-corrected chi connectivity index (χ4v) is 2.63. The van der Waals surface area contributed by atoms with Crippen LogP contribution < -0.4 is 14.8 Å². The zero-order chi connectivity index (χ0) is 15.3. The monoisotopic (exact) mass is 311 g/mol. The Morgan fingerprint density at radius 3 is 2.67 bits per heavy atom. The Morgan fingerprint density at radius 2 is 1.90 bits per heavy atom. The van der Waals surface area contributed by atoms with Gasteiger partial charge < -0.3 is 14.8 Å². The largest absolute Gasteiger partial charge is 0.489 e. The van der Waals surface area contributed by atoms with Gasteiger partial charge in [0.05, 0.1) is 18.2 Å². The van der Waals surface area contributed by atoms with E-state index in [4.69, 9.17) is 21.1 Å². The highest BCUT2D eigenvalue weighted by Crippen LogP contribution is 2.38. The molecule has 4 heteroatoms. The van der Waals surface area contributed by atoms with Crippen molar-refractivity contribution in [2.45, 2.75) is 52.0 Å². The van der Waals surface area contributed by atoms with Gasteiger partial charge in [-0.05, 0) is 64.3 Å². The van der Waals surface area contributed by atoms with Crippen LogP contribution in [0.25, 0.3) is 0 Å². The van der Waals surface area contributed by atoms with Crippen LogP contribution in [0.5, 0.6) is 11.5 Å². The minimum absolute atomic E-state index is 0.193. The van der Waals surface area contributed by atoms with Gasteiger partial charge in [-0.3, -0.25) is 0 Å². The number of aryl methyl sites for hydroxylation is 1. The summed E-state index contributed by atoms with van der Waals surface area (Å²) >= 11 is 6.30. The summed E-state index contributed by atoms with van der Waals surface area (Å²) in [6.07, 6.45) is 4.21. The Balaban J connectivity index is 1.86. The molecule has 118 valence electrons. The van der Waals surface area contributed by atoms with Crippen LogP contribution in [-0.4, -0.2) is 25.3 Å². The highest BCUT2D eigenvalue weighted by Gasteiger charge is 2.15. The summed E-state index contributed by atoms with van der Waals surface area (Å²) in [6, 6.07) is 4.08. The van der Waals surface area contributed by atoms with Crippen LogP contribution in [0.2, 0.25) is 5.02 Å². The van der Waals surface area contributed by atoms with Gasteiger partial charge >= 0.3 is 0 Å². The molecule has 0 saturated carbocycles. The molecule has 1 aromatic carbocycles. The summed E-state index contributed by atoms with van der Waals surface area (Å²) in [5, 5.41) is 4.17. The van der Waals surface area contributed by atoms with Crippen LogP contribution >= 0.6 is 11.6 Å². The minimum Gasteiger partial charge on any atom is -0.489 e. The lowest BCUT2D eigenvalue weighted by Crippen LogP contribution is -2.36. The standard InChI is InChI=1S/C17H26ClNO2/c1-17(2,3)19-8-5-4-7-13-11-14(18)16-15(12-13)20-9-6-10-21-16/h11-12,19H,4-10H2,1-3H3. The second-order valence-electron chi connectivity index (χ2n) is 6.59. The van der Waals surface area contributed by atoms with Gasteiger partial charge in [-0.1, -0.05) is 11.6 Å². The number of hydrogen-bond donors (Lipinski definition) is 1. The van der Waals surface area contributed by atoms with E-state index in [9.17, 15) is 0 Å². The van der Waals surface area contributed by atoms with Crippen molar-refractivity contribution in [3.63, 3.8) is 0 Å². The van der Waals surface area contributed by atoms with E-state index in [2.05, 4.69) is 32.2 Å². The first-order valence-electron chi connectivity index (χ1n) is 7.79. The SMILES string of the molecule is CC(C)(C)NCCCCc1cc(Cl)c2c(c1)OCCCO2. The molecule has 0 fully saturated rings. The third-order valence-electron chi connectivity index (χ3n) is 3.41. The van der Waals surface area contributed by atoms with Crippen molar-refractivity contribution < 1.29 is 9.47 Å². The van der Waals surface area contributed by atoms with E-state index < -0.39 is 0 Å². The molecule has 21 heavy (non-hydrogen) atoms. The van der Waals surface area contributed by atoms with E-state index in [1.807, 2.05) is 6.07 Å². The molecular formula is C17H26ClNO2. The zero-order valence-electron chi connectivity index (χ0n) is 13.3. The molecule has 1 aliphatic heterocycles. The van der Waals surface area contributed by atoms with Gasteiger partial charge in [0.25, 0.3) is 0 Å². The fraction of sp³-hybridized carbons (Fsp3) is 0.647. The number of benzene rings is 1. The Morgan fingerprint density at radius 1 is 1.14 bits per heavy atom. The first-order valence-corrected chi connectivity index (χ1v) is 8.16. The molecule has 0 spiro atoms. The Hall–Kier alpha value is -0.930. The summed E-state index contributed by atoms with van der Waals surface area (Å²) < 4.78 is 11.4. The molecule has 1 aliphatic rings. The lowest BCUT2D eigenvalue weighted by atomic mass is 10.1. The third-order valence-corrected chi connectivity index (χ3v) is 3.69. The Bertz CT molecular complexity index is 469. The molecule has 1 aromatic rings.